The molecule has 0 aliphatic carbocycles. The van der Waals surface area contributed by atoms with Crippen LogP contribution in [0.1, 0.15) is 35.4 Å². The number of aromatic nitrogens is 2. The Hall–Kier alpha value is -2.92. The van der Waals surface area contributed by atoms with Crippen LogP contribution < -0.4 is 4.74 Å². The number of carbonyl (C=O) groups is 1. The Morgan fingerprint density at radius 1 is 1.07 bits per heavy atom. The van der Waals surface area contributed by atoms with Crippen molar-refractivity contribution >= 4 is 17.6 Å². The van der Waals surface area contributed by atoms with E-state index in [1.54, 1.807) is 0 Å². The van der Waals surface area contributed by atoms with Gasteiger partial charge < -0.3 is 9.84 Å². The molecule has 1 aliphatic heterocycles. The molecule has 5 nitrogen and oxygen atoms in total. The second kappa shape index (κ2) is 8.62. The summed E-state index contributed by atoms with van der Waals surface area (Å²) in [5.41, 5.74) is 5.32. The first-order valence-corrected chi connectivity index (χ1v) is 10.0. The lowest BCUT2D eigenvalue weighted by atomic mass is 9.95. The number of carboxylic acids is 1. The summed E-state index contributed by atoms with van der Waals surface area (Å²) in [5.74, 6) is -0.307. The lowest BCUT2D eigenvalue weighted by Gasteiger charge is -2.11. The van der Waals surface area contributed by atoms with Crippen molar-refractivity contribution in [1.82, 2.24) is 9.97 Å². The van der Waals surface area contributed by atoms with Crippen molar-refractivity contribution in [3.63, 3.8) is 0 Å². The number of benzene rings is 1. The summed E-state index contributed by atoms with van der Waals surface area (Å²) in [4.78, 5) is 20.5. The molecule has 0 unspecified atom stereocenters. The van der Waals surface area contributed by atoms with Crippen molar-refractivity contribution in [2.45, 2.75) is 38.7 Å². The molecule has 6 heteroatoms. The minimum absolute atomic E-state index is 0.0155. The Labute approximate surface area is 174 Å². The van der Waals surface area contributed by atoms with Crippen molar-refractivity contribution in [1.29, 1.82) is 0 Å². The van der Waals surface area contributed by atoms with E-state index >= 15 is 0 Å². The maximum atomic E-state index is 11.3. The van der Waals surface area contributed by atoms with Crippen LogP contribution in [0.15, 0.2) is 48.5 Å². The van der Waals surface area contributed by atoms with E-state index < -0.39 is 5.97 Å². The predicted molar refractivity (Wildman–Crippen MR) is 111 cm³/mol. The molecular weight excluding hydrogens is 388 g/mol. The van der Waals surface area contributed by atoms with Crippen LogP contribution in [-0.4, -0.2) is 21.0 Å². The summed E-state index contributed by atoms with van der Waals surface area (Å²) in [6, 6.07) is 15.3. The van der Waals surface area contributed by atoms with Gasteiger partial charge in [0.1, 0.15) is 6.61 Å². The first-order valence-electron chi connectivity index (χ1n) is 9.66. The zero-order chi connectivity index (χ0) is 20.2. The molecule has 0 spiro atoms. The van der Waals surface area contributed by atoms with Crippen LogP contribution in [0.2, 0.25) is 5.02 Å². The van der Waals surface area contributed by atoms with E-state index in [1.807, 2.05) is 42.5 Å². The van der Waals surface area contributed by atoms with Gasteiger partial charge >= 0.3 is 5.97 Å². The fraction of sp³-hybridized carbons (Fsp3) is 0.261. The lowest BCUT2D eigenvalue weighted by molar-refractivity contribution is -0.136. The monoisotopic (exact) mass is 408 g/mol. The molecule has 1 aromatic carbocycles. The Morgan fingerprint density at radius 3 is 2.79 bits per heavy atom. The number of nitrogens with zero attached hydrogens (tertiary/aromatic N) is 2. The first kappa shape index (κ1) is 19.4. The topological polar surface area (TPSA) is 72.3 Å². The maximum absolute atomic E-state index is 11.3. The van der Waals surface area contributed by atoms with Gasteiger partial charge in [-0.3, -0.25) is 9.78 Å². The molecule has 6 bridgehead atoms. The molecule has 29 heavy (non-hydrogen) atoms. The number of rotatable bonds is 2. The summed E-state index contributed by atoms with van der Waals surface area (Å²) in [7, 11) is 0. The molecule has 3 aromatic rings. The van der Waals surface area contributed by atoms with Crippen molar-refractivity contribution in [2.24, 2.45) is 0 Å². The highest BCUT2D eigenvalue weighted by Gasteiger charge is 2.12. The second-order valence-electron chi connectivity index (χ2n) is 7.14. The molecule has 3 heterocycles. The van der Waals surface area contributed by atoms with Gasteiger partial charge in [0.2, 0.25) is 5.88 Å². The molecule has 2 aromatic heterocycles. The number of pyridine rings is 2. The number of hydrogen-bond donors (Lipinski definition) is 1. The van der Waals surface area contributed by atoms with Gasteiger partial charge in [-0.05, 0) is 61.1 Å². The average molecular weight is 409 g/mol. The molecule has 0 amide bonds. The molecule has 1 N–H and O–H groups in total. The fourth-order valence-corrected chi connectivity index (χ4v) is 3.75. The quantitative estimate of drug-likeness (QED) is 0.654. The average Bonchev–Trinajstić information content (AvgIpc) is 2.72. The third kappa shape index (κ3) is 4.74. The van der Waals surface area contributed by atoms with Gasteiger partial charge in [0, 0.05) is 11.6 Å². The van der Waals surface area contributed by atoms with E-state index in [2.05, 4.69) is 16.0 Å². The number of carboxylic acid groups (broad SMARTS) is 1. The number of fused-ring (bicyclic) bond motifs is 7. The number of hydrogen-bond acceptors (Lipinski definition) is 4. The van der Waals surface area contributed by atoms with Crippen LogP contribution in [0.25, 0.3) is 11.3 Å². The summed E-state index contributed by atoms with van der Waals surface area (Å²) in [6.07, 6.45) is 3.42. The second-order valence-corrected chi connectivity index (χ2v) is 7.55. The Morgan fingerprint density at radius 2 is 1.93 bits per heavy atom. The molecule has 148 valence electrons. The highest BCUT2D eigenvalue weighted by atomic mass is 35.5. The Balaban J connectivity index is 1.72. The highest BCUT2D eigenvalue weighted by molar-refractivity contribution is 6.31. The van der Waals surface area contributed by atoms with E-state index in [4.69, 9.17) is 16.3 Å². The normalized spacial score (nSPS) is 13.7. The van der Waals surface area contributed by atoms with Crippen molar-refractivity contribution in [3.05, 3.63) is 76.1 Å². The largest absolute Gasteiger partial charge is 0.481 e. The summed E-state index contributed by atoms with van der Waals surface area (Å²) < 4.78 is 5.86. The lowest BCUT2D eigenvalue weighted by Crippen LogP contribution is -2.04. The summed E-state index contributed by atoms with van der Waals surface area (Å²) >= 11 is 6.32. The zero-order valence-electron chi connectivity index (χ0n) is 15.9. The number of halogens is 1. The van der Waals surface area contributed by atoms with Crippen LogP contribution >= 0.6 is 11.6 Å². The minimum Gasteiger partial charge on any atom is -0.481 e. The molecule has 1 aliphatic rings. The zero-order valence-corrected chi connectivity index (χ0v) is 16.7. The van der Waals surface area contributed by atoms with E-state index in [-0.39, 0.29) is 6.42 Å². The van der Waals surface area contributed by atoms with E-state index in [0.717, 1.165) is 59.5 Å². The third-order valence-corrected chi connectivity index (χ3v) is 5.37. The maximum Gasteiger partial charge on any atom is 0.307 e. The van der Waals surface area contributed by atoms with Gasteiger partial charge in [0.15, 0.2) is 0 Å². The molecule has 4 rings (SSSR count). The van der Waals surface area contributed by atoms with Crippen LogP contribution in [0.5, 0.6) is 5.88 Å². The van der Waals surface area contributed by atoms with Crippen LogP contribution in [0.3, 0.4) is 0 Å². The molecule has 0 saturated carbocycles. The van der Waals surface area contributed by atoms with Gasteiger partial charge in [-0.15, -0.1) is 0 Å². The van der Waals surface area contributed by atoms with Crippen molar-refractivity contribution < 1.29 is 14.6 Å². The molecule has 0 saturated heterocycles. The Bertz CT molecular complexity index is 1050. The highest BCUT2D eigenvalue weighted by Crippen LogP contribution is 2.26. The minimum atomic E-state index is -0.828. The van der Waals surface area contributed by atoms with Gasteiger partial charge in [0.05, 0.1) is 28.5 Å². The van der Waals surface area contributed by atoms with Crippen LogP contribution in [-0.2, 0) is 30.7 Å². The fourth-order valence-electron chi connectivity index (χ4n) is 3.55. The van der Waals surface area contributed by atoms with Crippen LogP contribution in [0.4, 0.5) is 0 Å². The summed E-state index contributed by atoms with van der Waals surface area (Å²) in [6.45, 7) is 0.323. The molecule has 0 atom stereocenters. The van der Waals surface area contributed by atoms with Crippen molar-refractivity contribution in [3.8, 4) is 17.1 Å². The smallest absolute Gasteiger partial charge is 0.307 e. The number of aliphatic carboxylic acids is 1. The molecule has 0 fully saturated rings. The number of ether oxygens (including phenoxy) is 1. The predicted octanol–water partition coefficient (Wildman–Crippen LogP) is 4.88. The van der Waals surface area contributed by atoms with E-state index in [9.17, 15) is 9.90 Å². The van der Waals surface area contributed by atoms with E-state index in [0.29, 0.717) is 17.5 Å². The summed E-state index contributed by atoms with van der Waals surface area (Å²) in [5, 5.41) is 9.91. The van der Waals surface area contributed by atoms with E-state index in [1.165, 1.54) is 0 Å². The SMILES string of the molecule is O=C(O)Cc1ccc2cc1CCCCc1nc(ccc1Cl)COc1cccc-2n1. The Kier molecular flexibility index (Phi) is 5.76. The van der Waals surface area contributed by atoms with Gasteiger partial charge in [0.25, 0.3) is 0 Å². The van der Waals surface area contributed by atoms with Crippen LogP contribution in [0, 0.1) is 0 Å². The van der Waals surface area contributed by atoms with Crippen molar-refractivity contribution in [2.75, 3.05) is 0 Å². The molecular formula is C23H21ClN2O3. The first-order chi connectivity index (χ1) is 14.1. The van der Waals surface area contributed by atoms with Gasteiger partial charge in [-0.1, -0.05) is 29.8 Å². The van der Waals surface area contributed by atoms with Gasteiger partial charge in [-0.2, -0.15) is 0 Å². The standard InChI is InChI=1S/C23H21ClN2O3/c24-19-11-10-18-14-29-22-7-3-6-20(26-22)17-9-8-16(13-23(27)28)15(12-17)4-1-2-5-21(19)25-18/h3,6-12H,1-2,4-5,13-14H2,(H,27,28). The molecule has 0 radical (unpaired) electrons. The van der Waals surface area contributed by atoms with Gasteiger partial charge in [-0.25, -0.2) is 4.98 Å². The number of aryl methyl sites for hydroxylation is 2. The third-order valence-electron chi connectivity index (χ3n) is 5.02.